The van der Waals surface area contributed by atoms with Crippen LogP contribution in [0.3, 0.4) is 0 Å². The molecule has 0 N–H and O–H groups in total. The average Bonchev–Trinajstić information content (AvgIpc) is 2.08. The Morgan fingerprint density at radius 3 is 2.33 bits per heavy atom. The van der Waals surface area contributed by atoms with Crippen molar-refractivity contribution in [1.29, 1.82) is 0 Å². The number of hydrogen-bond acceptors (Lipinski definition) is 3. The van der Waals surface area contributed by atoms with Crippen molar-refractivity contribution in [3.05, 3.63) is 6.92 Å². The van der Waals surface area contributed by atoms with E-state index in [1.807, 2.05) is 0 Å². The summed E-state index contributed by atoms with van der Waals surface area (Å²) in [5, 5.41) is 0. The van der Waals surface area contributed by atoms with E-state index in [-0.39, 0.29) is 64.2 Å². The van der Waals surface area contributed by atoms with Crippen LogP contribution in [0.1, 0.15) is 26.2 Å². The molecule has 3 atom stereocenters. The third kappa shape index (κ3) is 5.50. The first-order valence-electron chi connectivity index (χ1n) is 4.68. The first kappa shape index (κ1) is 18.0. The average molecular weight is 421 g/mol. The van der Waals surface area contributed by atoms with Gasteiger partial charge in [-0.3, -0.25) is 4.79 Å². The minimum Gasteiger partial charge on any atom is -1.00 e. The Morgan fingerprint density at radius 2 is 1.87 bits per heavy atom. The van der Waals surface area contributed by atoms with Gasteiger partial charge in [0, 0.05) is 20.0 Å². The maximum atomic E-state index is 10.8. The van der Waals surface area contributed by atoms with Crippen molar-refractivity contribution < 1.29 is 54.3 Å². The zero-order valence-electron chi connectivity index (χ0n) is 9.37. The second kappa shape index (κ2) is 8.77. The number of ether oxygens (including phenoxy) is 2. The van der Waals surface area contributed by atoms with E-state index in [0.29, 0.717) is 0 Å². The van der Waals surface area contributed by atoms with Gasteiger partial charge in [-0.1, -0.05) is 0 Å². The molecule has 0 aromatic carbocycles. The second-order valence-electron chi connectivity index (χ2n) is 3.52. The molecule has 1 fully saturated rings. The fourth-order valence-electron chi connectivity index (χ4n) is 1.84. The van der Waals surface area contributed by atoms with Crippen LogP contribution < -0.4 is 12.4 Å². The molecule has 0 saturated heterocycles. The summed E-state index contributed by atoms with van der Waals surface area (Å²) in [6.45, 7) is 5.42. The van der Waals surface area contributed by atoms with Crippen LogP contribution in [0.15, 0.2) is 0 Å². The van der Waals surface area contributed by atoms with Crippen LogP contribution in [0.2, 0.25) is 0 Å². The SMILES string of the molecule is [CH2][C@@H]1[C@H](OC)CCC[C@H]1OC(C)=O.[Cl-].[Hg+]. The van der Waals surface area contributed by atoms with Gasteiger partial charge in [0.25, 0.3) is 0 Å². The molecule has 1 rings (SSSR count). The van der Waals surface area contributed by atoms with Crippen molar-refractivity contribution in [2.45, 2.75) is 38.4 Å². The molecule has 0 aromatic rings. The van der Waals surface area contributed by atoms with E-state index in [1.165, 1.54) is 6.92 Å². The minimum absolute atomic E-state index is 0. The summed E-state index contributed by atoms with van der Waals surface area (Å²) < 4.78 is 10.4. The molecule has 84 valence electrons. The Labute approximate surface area is 118 Å². The van der Waals surface area contributed by atoms with Crippen LogP contribution in [-0.2, 0) is 41.9 Å². The molecule has 0 amide bonds. The van der Waals surface area contributed by atoms with Gasteiger partial charge in [-0.2, -0.15) is 0 Å². The maximum absolute atomic E-state index is 10.8. The van der Waals surface area contributed by atoms with Crippen molar-refractivity contribution >= 4 is 5.97 Å². The first-order chi connectivity index (χ1) is 6.15. The van der Waals surface area contributed by atoms with E-state index in [4.69, 9.17) is 9.47 Å². The van der Waals surface area contributed by atoms with E-state index in [1.54, 1.807) is 7.11 Å². The molecule has 15 heavy (non-hydrogen) atoms. The monoisotopic (exact) mass is 422 g/mol. The fraction of sp³-hybridized carbons (Fsp3) is 0.800. The van der Waals surface area contributed by atoms with E-state index in [0.717, 1.165) is 19.3 Å². The van der Waals surface area contributed by atoms with Gasteiger partial charge in [0.15, 0.2) is 0 Å². The number of esters is 1. The molecule has 0 heterocycles. The normalized spacial score (nSPS) is 29.7. The van der Waals surface area contributed by atoms with E-state index in [2.05, 4.69) is 6.92 Å². The number of halogens is 1. The minimum atomic E-state index is -0.226. The number of methoxy groups -OCH3 is 1. The van der Waals surface area contributed by atoms with Crippen molar-refractivity contribution in [3.8, 4) is 0 Å². The molecule has 3 nitrogen and oxygen atoms in total. The zero-order chi connectivity index (χ0) is 9.84. The number of carbonyl (C=O) groups excluding carboxylic acids is 1. The van der Waals surface area contributed by atoms with Gasteiger partial charge in [0.05, 0.1) is 6.10 Å². The smallest absolute Gasteiger partial charge is 1.00 e. The molecule has 0 unspecified atom stereocenters. The fourth-order valence-corrected chi connectivity index (χ4v) is 1.84. The Bertz CT molecular complexity index is 190. The second-order valence-corrected chi connectivity index (χ2v) is 3.52. The summed E-state index contributed by atoms with van der Waals surface area (Å²) in [6, 6.07) is 0. The number of carbonyl (C=O) groups is 1. The summed E-state index contributed by atoms with van der Waals surface area (Å²) in [7, 11) is 1.68. The molecule has 1 aliphatic carbocycles. The third-order valence-electron chi connectivity index (χ3n) is 2.55. The standard InChI is InChI=1S/C10H17O3.ClH.Hg/c1-7-9(12-3)5-4-6-10(7)13-8(2)11;;/h7,9-10H,1,4-6H2,2-3H3;1H;/q;;+1/p-1/t7-,9-,10-;;/m1../s1. The van der Waals surface area contributed by atoms with Gasteiger partial charge in [0.2, 0.25) is 0 Å². The predicted molar refractivity (Wildman–Crippen MR) is 49.0 cm³/mol. The third-order valence-corrected chi connectivity index (χ3v) is 2.55. The molecule has 5 heteroatoms. The van der Waals surface area contributed by atoms with Crippen molar-refractivity contribution in [3.63, 3.8) is 0 Å². The molecule has 0 aromatic heterocycles. The summed E-state index contributed by atoms with van der Waals surface area (Å²) in [4.78, 5) is 10.8. The largest absolute Gasteiger partial charge is 1.00 e. The topological polar surface area (TPSA) is 35.5 Å². The van der Waals surface area contributed by atoms with E-state index >= 15 is 0 Å². The molecule has 1 aliphatic rings. The molecule has 0 aliphatic heterocycles. The predicted octanol–water partition coefficient (Wildman–Crippen LogP) is -1.43. The van der Waals surface area contributed by atoms with Crippen LogP contribution in [0.25, 0.3) is 0 Å². The van der Waals surface area contributed by atoms with Crippen molar-refractivity contribution in [2.24, 2.45) is 5.92 Å². The molecule has 2 radical (unpaired) electrons. The molecule has 0 bridgehead atoms. The van der Waals surface area contributed by atoms with Gasteiger partial charge in [-0.15, -0.1) is 0 Å². The zero-order valence-corrected chi connectivity index (χ0v) is 15.6. The summed E-state index contributed by atoms with van der Waals surface area (Å²) in [5.41, 5.74) is 0. The van der Waals surface area contributed by atoms with E-state index in [9.17, 15) is 4.79 Å². The molecular weight excluding hydrogens is 404 g/mol. The van der Waals surface area contributed by atoms with Crippen LogP contribution in [-0.4, -0.2) is 25.3 Å². The van der Waals surface area contributed by atoms with Crippen LogP contribution in [0.5, 0.6) is 0 Å². The van der Waals surface area contributed by atoms with Gasteiger partial charge >= 0.3 is 33.6 Å². The van der Waals surface area contributed by atoms with Gasteiger partial charge in [0.1, 0.15) is 6.10 Å². The maximum Gasteiger partial charge on any atom is 1.00 e. The Kier molecular flexibility index (Phi) is 10.5. The number of rotatable bonds is 2. The Hall–Kier alpha value is 0.655. The van der Waals surface area contributed by atoms with Crippen molar-refractivity contribution in [1.82, 2.24) is 0 Å². The van der Waals surface area contributed by atoms with E-state index < -0.39 is 0 Å². The van der Waals surface area contributed by atoms with Gasteiger partial charge in [-0.05, 0) is 26.2 Å². The molecule has 0 spiro atoms. The Balaban J connectivity index is 0. The first-order valence-corrected chi connectivity index (χ1v) is 4.68. The summed E-state index contributed by atoms with van der Waals surface area (Å²) in [6.07, 6.45) is 3.05. The molecular formula is C10H17ClHgO3. The van der Waals surface area contributed by atoms with Crippen LogP contribution in [0, 0.1) is 12.8 Å². The van der Waals surface area contributed by atoms with Crippen LogP contribution in [0.4, 0.5) is 0 Å². The molecule has 1 saturated carbocycles. The van der Waals surface area contributed by atoms with Gasteiger partial charge < -0.3 is 21.9 Å². The van der Waals surface area contributed by atoms with Crippen LogP contribution >= 0.6 is 0 Å². The number of hydrogen-bond donors (Lipinski definition) is 0. The quantitative estimate of drug-likeness (QED) is 0.405. The van der Waals surface area contributed by atoms with Crippen molar-refractivity contribution in [2.75, 3.05) is 7.11 Å². The summed E-state index contributed by atoms with van der Waals surface area (Å²) >= 11 is 0. The van der Waals surface area contributed by atoms with Gasteiger partial charge in [-0.25, -0.2) is 0 Å². The summed E-state index contributed by atoms with van der Waals surface area (Å²) in [5.74, 6) is -0.155. The Morgan fingerprint density at radius 1 is 1.33 bits per heavy atom.